The first kappa shape index (κ1) is 14.2. The summed E-state index contributed by atoms with van der Waals surface area (Å²) in [5, 5.41) is 13.7. The molecule has 0 spiro atoms. The molecule has 1 aromatic heterocycles. The second kappa shape index (κ2) is 6.34. The van der Waals surface area contributed by atoms with Gasteiger partial charge in [0.25, 0.3) is 0 Å². The fraction of sp³-hybridized carbons (Fsp3) is 0.714. The Morgan fingerprint density at radius 2 is 2.19 bits per heavy atom. The first-order chi connectivity index (χ1) is 10.3. The number of hydrogen-bond donors (Lipinski definition) is 3. The maximum atomic E-state index is 11.8. The molecule has 0 saturated carbocycles. The standard InChI is InChI=1S/C14H24N6O/c1-15-14(21)20-6-2-3-11(10-20)12-9-13(18-17-12)19-7-4-16-5-8-19/h9,11,16H,2-8,10H2,1H3,(H,15,21)(H,17,18). The number of anilines is 1. The zero-order valence-corrected chi connectivity index (χ0v) is 12.6. The van der Waals surface area contributed by atoms with Crippen LogP contribution in [0.2, 0.25) is 0 Å². The largest absolute Gasteiger partial charge is 0.353 e. The first-order valence-corrected chi connectivity index (χ1v) is 7.75. The van der Waals surface area contributed by atoms with Crippen LogP contribution in [-0.2, 0) is 0 Å². The molecule has 116 valence electrons. The van der Waals surface area contributed by atoms with E-state index < -0.39 is 0 Å². The van der Waals surface area contributed by atoms with Gasteiger partial charge in [0.1, 0.15) is 0 Å². The van der Waals surface area contributed by atoms with Gasteiger partial charge in [0.15, 0.2) is 5.82 Å². The minimum atomic E-state index is 0.0153. The Morgan fingerprint density at radius 1 is 1.38 bits per heavy atom. The number of carbonyl (C=O) groups is 1. The maximum absolute atomic E-state index is 11.8. The van der Waals surface area contributed by atoms with Gasteiger partial charge in [-0.2, -0.15) is 5.10 Å². The van der Waals surface area contributed by atoms with E-state index in [4.69, 9.17) is 0 Å². The predicted molar refractivity (Wildman–Crippen MR) is 81.7 cm³/mol. The fourth-order valence-electron chi connectivity index (χ4n) is 3.16. The van der Waals surface area contributed by atoms with Crippen molar-refractivity contribution < 1.29 is 4.79 Å². The second-order valence-corrected chi connectivity index (χ2v) is 5.76. The predicted octanol–water partition coefficient (Wildman–Crippen LogP) is 0.338. The van der Waals surface area contributed by atoms with E-state index in [0.717, 1.165) is 63.6 Å². The fourth-order valence-corrected chi connectivity index (χ4v) is 3.16. The third kappa shape index (κ3) is 3.12. The molecule has 7 nitrogen and oxygen atoms in total. The van der Waals surface area contributed by atoms with E-state index in [0.29, 0.717) is 5.92 Å². The highest BCUT2D eigenvalue weighted by Gasteiger charge is 2.26. The van der Waals surface area contributed by atoms with Crippen molar-refractivity contribution in [1.82, 2.24) is 25.7 Å². The lowest BCUT2D eigenvalue weighted by Gasteiger charge is -2.31. The van der Waals surface area contributed by atoms with Gasteiger partial charge in [-0.25, -0.2) is 4.79 Å². The number of amides is 2. The Bertz CT molecular complexity index is 482. The number of H-pyrrole nitrogens is 1. The summed E-state index contributed by atoms with van der Waals surface area (Å²) in [7, 11) is 1.69. The van der Waals surface area contributed by atoms with Gasteiger partial charge in [-0.3, -0.25) is 5.10 Å². The van der Waals surface area contributed by atoms with Crippen molar-refractivity contribution in [3.8, 4) is 0 Å². The molecule has 1 atom stereocenters. The molecule has 0 aliphatic carbocycles. The SMILES string of the molecule is CNC(=O)N1CCCC(c2cc(N3CCNCC3)n[nH]2)C1. The van der Waals surface area contributed by atoms with Crippen molar-refractivity contribution in [3.63, 3.8) is 0 Å². The van der Waals surface area contributed by atoms with Crippen LogP contribution in [0.15, 0.2) is 6.07 Å². The molecular formula is C14H24N6O. The van der Waals surface area contributed by atoms with E-state index >= 15 is 0 Å². The molecule has 7 heteroatoms. The monoisotopic (exact) mass is 292 g/mol. The van der Waals surface area contributed by atoms with Crippen LogP contribution in [0.3, 0.4) is 0 Å². The summed E-state index contributed by atoms with van der Waals surface area (Å²) < 4.78 is 0. The van der Waals surface area contributed by atoms with E-state index in [1.54, 1.807) is 7.05 Å². The van der Waals surface area contributed by atoms with Gasteiger partial charge < -0.3 is 20.4 Å². The van der Waals surface area contributed by atoms with E-state index in [9.17, 15) is 4.79 Å². The normalized spacial score (nSPS) is 23.2. The lowest BCUT2D eigenvalue weighted by atomic mass is 9.95. The van der Waals surface area contributed by atoms with Crippen molar-refractivity contribution in [2.75, 3.05) is 51.2 Å². The Morgan fingerprint density at radius 3 is 2.95 bits per heavy atom. The maximum Gasteiger partial charge on any atom is 0.317 e. The minimum Gasteiger partial charge on any atom is -0.353 e. The molecule has 3 heterocycles. The summed E-state index contributed by atoms with van der Waals surface area (Å²) >= 11 is 0. The van der Waals surface area contributed by atoms with Crippen LogP contribution in [0, 0.1) is 0 Å². The molecule has 2 amide bonds. The molecule has 1 aromatic rings. The van der Waals surface area contributed by atoms with E-state index in [2.05, 4.69) is 31.8 Å². The lowest BCUT2D eigenvalue weighted by molar-refractivity contribution is 0.181. The van der Waals surface area contributed by atoms with E-state index in [-0.39, 0.29) is 6.03 Å². The first-order valence-electron chi connectivity index (χ1n) is 7.75. The highest BCUT2D eigenvalue weighted by atomic mass is 16.2. The Labute approximate surface area is 125 Å². The third-order valence-electron chi connectivity index (χ3n) is 4.39. The number of aromatic amines is 1. The second-order valence-electron chi connectivity index (χ2n) is 5.76. The number of piperidine rings is 1. The average Bonchev–Trinajstić information content (AvgIpc) is 3.05. The molecule has 3 rings (SSSR count). The number of likely N-dealkylation sites (tertiary alicyclic amines) is 1. The number of rotatable bonds is 2. The summed E-state index contributed by atoms with van der Waals surface area (Å²) in [6, 6.07) is 2.17. The quantitative estimate of drug-likeness (QED) is 0.734. The van der Waals surface area contributed by atoms with Crippen molar-refractivity contribution in [1.29, 1.82) is 0 Å². The summed E-state index contributed by atoms with van der Waals surface area (Å²) in [5.74, 6) is 1.39. The Balaban J connectivity index is 1.66. The van der Waals surface area contributed by atoms with Crippen molar-refractivity contribution >= 4 is 11.8 Å². The topological polar surface area (TPSA) is 76.3 Å². The number of aromatic nitrogens is 2. The number of carbonyl (C=O) groups excluding carboxylic acids is 1. The number of piperazine rings is 1. The molecule has 2 aliphatic heterocycles. The molecule has 2 aliphatic rings. The van der Waals surface area contributed by atoms with E-state index in [1.807, 2.05) is 4.90 Å². The zero-order chi connectivity index (χ0) is 14.7. The summed E-state index contributed by atoms with van der Waals surface area (Å²) in [6.45, 7) is 5.63. The van der Waals surface area contributed by atoms with Crippen molar-refractivity contribution in [2.45, 2.75) is 18.8 Å². The molecule has 0 radical (unpaired) electrons. The highest BCUT2D eigenvalue weighted by Crippen LogP contribution is 2.27. The highest BCUT2D eigenvalue weighted by molar-refractivity contribution is 5.74. The molecule has 2 saturated heterocycles. The van der Waals surface area contributed by atoms with Crippen LogP contribution in [0.1, 0.15) is 24.5 Å². The molecule has 0 bridgehead atoms. The molecule has 2 fully saturated rings. The van der Waals surface area contributed by atoms with Gasteiger partial charge in [-0.05, 0) is 12.8 Å². The van der Waals surface area contributed by atoms with Gasteiger partial charge in [-0.15, -0.1) is 0 Å². The molecule has 3 N–H and O–H groups in total. The molecule has 21 heavy (non-hydrogen) atoms. The lowest BCUT2D eigenvalue weighted by Crippen LogP contribution is -2.44. The third-order valence-corrected chi connectivity index (χ3v) is 4.39. The average molecular weight is 292 g/mol. The number of hydrogen-bond acceptors (Lipinski definition) is 4. The van der Waals surface area contributed by atoms with Gasteiger partial charge in [0.05, 0.1) is 0 Å². The van der Waals surface area contributed by atoms with Gasteiger partial charge >= 0.3 is 6.03 Å². The summed E-state index contributed by atoms with van der Waals surface area (Å²) in [5.41, 5.74) is 1.15. The molecule has 0 aromatic carbocycles. The Kier molecular flexibility index (Phi) is 4.28. The number of nitrogens with zero attached hydrogens (tertiary/aromatic N) is 3. The van der Waals surface area contributed by atoms with Crippen LogP contribution in [0.25, 0.3) is 0 Å². The van der Waals surface area contributed by atoms with Crippen LogP contribution in [0.4, 0.5) is 10.6 Å². The van der Waals surface area contributed by atoms with Gasteiger partial charge in [-0.1, -0.05) is 0 Å². The zero-order valence-electron chi connectivity index (χ0n) is 12.6. The summed E-state index contributed by atoms with van der Waals surface area (Å²) in [6.07, 6.45) is 2.15. The van der Waals surface area contributed by atoms with Gasteiger partial charge in [0, 0.05) is 64.0 Å². The van der Waals surface area contributed by atoms with Crippen LogP contribution >= 0.6 is 0 Å². The molecular weight excluding hydrogens is 268 g/mol. The smallest absolute Gasteiger partial charge is 0.317 e. The van der Waals surface area contributed by atoms with Crippen LogP contribution in [-0.4, -0.2) is 67.4 Å². The van der Waals surface area contributed by atoms with Crippen molar-refractivity contribution in [2.24, 2.45) is 0 Å². The van der Waals surface area contributed by atoms with Crippen LogP contribution < -0.4 is 15.5 Å². The minimum absolute atomic E-state index is 0.0153. The van der Waals surface area contributed by atoms with E-state index in [1.165, 1.54) is 0 Å². The summed E-state index contributed by atoms with van der Waals surface area (Å²) in [4.78, 5) is 16.0. The number of urea groups is 1. The van der Waals surface area contributed by atoms with Crippen molar-refractivity contribution in [3.05, 3.63) is 11.8 Å². The Hall–Kier alpha value is -1.76. The van der Waals surface area contributed by atoms with Crippen LogP contribution in [0.5, 0.6) is 0 Å². The number of nitrogens with one attached hydrogen (secondary N) is 3. The molecule has 1 unspecified atom stereocenters. The van der Waals surface area contributed by atoms with Gasteiger partial charge in [0.2, 0.25) is 0 Å².